The molecule has 2 heterocycles. The van der Waals surface area contributed by atoms with Crippen LogP contribution < -0.4 is 10.6 Å². The van der Waals surface area contributed by atoms with Crippen LogP contribution in [0, 0.1) is 0 Å². The van der Waals surface area contributed by atoms with Gasteiger partial charge in [-0.3, -0.25) is 4.79 Å². The summed E-state index contributed by atoms with van der Waals surface area (Å²) < 4.78 is 1.64. The molecule has 9 nitrogen and oxygen atoms in total. The Labute approximate surface area is 156 Å². The van der Waals surface area contributed by atoms with E-state index in [1.165, 1.54) is 0 Å². The summed E-state index contributed by atoms with van der Waals surface area (Å²) in [5, 5.41) is 17.2. The van der Waals surface area contributed by atoms with Crippen molar-refractivity contribution in [1.82, 2.24) is 35.5 Å². The second-order valence-electron chi connectivity index (χ2n) is 6.62. The number of rotatable bonds is 6. The third kappa shape index (κ3) is 3.91. The number of benzene rings is 1. The number of carbonyl (C=O) groups is 1. The van der Waals surface area contributed by atoms with Crippen molar-refractivity contribution in [3.63, 3.8) is 0 Å². The Balaban J connectivity index is 1.29. The number of anilines is 1. The molecule has 3 aromatic rings. The molecule has 2 N–H and O–H groups in total. The van der Waals surface area contributed by atoms with Gasteiger partial charge in [-0.2, -0.15) is 0 Å². The van der Waals surface area contributed by atoms with Crippen molar-refractivity contribution in [2.24, 2.45) is 0 Å². The molecule has 9 heteroatoms. The lowest BCUT2D eigenvalue weighted by atomic mass is 9.78. The number of nitrogens with one attached hydrogen (secondary N) is 2. The summed E-state index contributed by atoms with van der Waals surface area (Å²) in [6.07, 6.45) is 4.92. The van der Waals surface area contributed by atoms with Gasteiger partial charge in [0.2, 0.25) is 0 Å². The van der Waals surface area contributed by atoms with Crippen LogP contribution in [0.2, 0.25) is 0 Å². The van der Waals surface area contributed by atoms with Gasteiger partial charge in [0.1, 0.15) is 18.5 Å². The van der Waals surface area contributed by atoms with Gasteiger partial charge in [-0.15, -0.1) is 5.10 Å². The fourth-order valence-electron chi connectivity index (χ4n) is 3.18. The van der Waals surface area contributed by atoms with Crippen LogP contribution in [0.4, 0.5) is 5.82 Å². The summed E-state index contributed by atoms with van der Waals surface area (Å²) in [4.78, 5) is 20.9. The van der Waals surface area contributed by atoms with Crippen LogP contribution >= 0.6 is 0 Å². The van der Waals surface area contributed by atoms with E-state index in [2.05, 4.69) is 36.1 Å². The Morgan fingerprint density at radius 2 is 2.04 bits per heavy atom. The van der Waals surface area contributed by atoms with Crippen LogP contribution in [0.25, 0.3) is 0 Å². The van der Waals surface area contributed by atoms with Crippen molar-refractivity contribution in [3.05, 3.63) is 59.8 Å². The maximum Gasteiger partial charge on any atom is 0.251 e. The maximum atomic E-state index is 12.4. The number of hydrogen-bond acceptors (Lipinski definition) is 7. The zero-order valence-electron chi connectivity index (χ0n) is 14.9. The maximum absolute atomic E-state index is 12.4. The molecular formula is C18H20N8O. The third-order valence-electron chi connectivity index (χ3n) is 4.79. The summed E-state index contributed by atoms with van der Waals surface area (Å²) in [5.41, 5.74) is 2.71. The number of hydrogen-bond donors (Lipinski definition) is 2. The summed E-state index contributed by atoms with van der Waals surface area (Å²) in [7, 11) is 1.84. The first-order valence-corrected chi connectivity index (χ1v) is 8.81. The topological polar surface area (TPSA) is 111 Å². The summed E-state index contributed by atoms with van der Waals surface area (Å²) in [5.74, 6) is 1.13. The largest absolute Gasteiger partial charge is 0.373 e. The first kappa shape index (κ1) is 17.1. The van der Waals surface area contributed by atoms with Gasteiger partial charge in [0.25, 0.3) is 5.91 Å². The highest BCUT2D eigenvalue weighted by molar-refractivity contribution is 5.94. The van der Waals surface area contributed by atoms with Crippen molar-refractivity contribution in [2.75, 3.05) is 12.4 Å². The van der Waals surface area contributed by atoms with E-state index < -0.39 is 0 Å². The van der Waals surface area contributed by atoms with E-state index in [9.17, 15) is 4.79 Å². The van der Waals surface area contributed by atoms with Gasteiger partial charge < -0.3 is 10.6 Å². The minimum atomic E-state index is -0.0500. The van der Waals surface area contributed by atoms with Gasteiger partial charge >= 0.3 is 0 Å². The molecule has 2 aromatic heterocycles. The zero-order valence-corrected chi connectivity index (χ0v) is 14.9. The molecule has 138 valence electrons. The van der Waals surface area contributed by atoms with E-state index in [0.717, 1.165) is 29.9 Å². The number of tetrazole rings is 1. The first-order valence-electron chi connectivity index (χ1n) is 8.81. The molecular weight excluding hydrogens is 344 g/mol. The Morgan fingerprint density at radius 3 is 2.74 bits per heavy atom. The Morgan fingerprint density at radius 1 is 1.22 bits per heavy atom. The summed E-state index contributed by atoms with van der Waals surface area (Å²) in [6, 6.07) is 9.63. The Bertz CT molecular complexity index is 903. The minimum Gasteiger partial charge on any atom is -0.373 e. The fourth-order valence-corrected chi connectivity index (χ4v) is 3.18. The molecule has 1 amide bonds. The van der Waals surface area contributed by atoms with Crippen LogP contribution in [0.5, 0.6) is 0 Å². The normalized spacial score (nSPS) is 18.6. The molecule has 1 aromatic carbocycles. The lowest BCUT2D eigenvalue weighted by Crippen LogP contribution is -2.43. The third-order valence-corrected chi connectivity index (χ3v) is 4.79. The average Bonchev–Trinajstić information content (AvgIpc) is 3.18. The van der Waals surface area contributed by atoms with Crippen molar-refractivity contribution in [2.45, 2.75) is 31.3 Å². The second kappa shape index (κ2) is 7.48. The molecule has 0 bridgehead atoms. The van der Waals surface area contributed by atoms with E-state index in [-0.39, 0.29) is 11.9 Å². The molecule has 1 aliphatic carbocycles. The molecule has 0 atom stereocenters. The fraction of sp³-hybridized carbons (Fsp3) is 0.333. The quantitative estimate of drug-likeness (QED) is 0.677. The molecule has 1 fully saturated rings. The van der Waals surface area contributed by atoms with E-state index in [0.29, 0.717) is 18.0 Å². The molecule has 0 unspecified atom stereocenters. The monoisotopic (exact) mass is 364 g/mol. The van der Waals surface area contributed by atoms with E-state index >= 15 is 0 Å². The predicted octanol–water partition coefficient (Wildman–Crippen LogP) is 1.23. The Kier molecular flexibility index (Phi) is 4.73. The summed E-state index contributed by atoms with van der Waals surface area (Å²) >= 11 is 0. The van der Waals surface area contributed by atoms with Crippen molar-refractivity contribution in [1.29, 1.82) is 0 Å². The van der Waals surface area contributed by atoms with Gasteiger partial charge in [-0.25, -0.2) is 14.6 Å². The molecule has 0 radical (unpaired) electrons. The minimum absolute atomic E-state index is 0.0500. The van der Waals surface area contributed by atoms with Crippen LogP contribution in [0.1, 0.15) is 40.4 Å². The van der Waals surface area contributed by atoms with Gasteiger partial charge in [-0.05, 0) is 41.0 Å². The highest BCUT2D eigenvalue weighted by Gasteiger charge is 2.32. The standard InChI is InChI=1S/C18H20N8O/c1-19-17-8-16(20-10-21-17)14-6-15(7-14)23-18(27)13-4-2-12(3-5-13)9-26-11-22-24-25-26/h2-5,8,10-11,14-15H,6-7,9H2,1H3,(H,23,27)(H,19,20,21). The lowest BCUT2D eigenvalue weighted by Gasteiger charge is -2.35. The predicted molar refractivity (Wildman–Crippen MR) is 98.2 cm³/mol. The zero-order chi connectivity index (χ0) is 18.6. The van der Waals surface area contributed by atoms with E-state index in [4.69, 9.17) is 0 Å². The highest BCUT2D eigenvalue weighted by Crippen LogP contribution is 2.36. The number of aromatic nitrogens is 6. The van der Waals surface area contributed by atoms with Gasteiger partial charge in [0.15, 0.2) is 0 Å². The Hall–Kier alpha value is -3.36. The first-order chi connectivity index (χ1) is 13.2. The van der Waals surface area contributed by atoms with Crippen LogP contribution in [0.3, 0.4) is 0 Å². The van der Waals surface area contributed by atoms with E-state index in [1.54, 1.807) is 17.3 Å². The van der Waals surface area contributed by atoms with Gasteiger partial charge in [0.05, 0.1) is 6.54 Å². The summed E-state index contributed by atoms with van der Waals surface area (Å²) in [6.45, 7) is 0.576. The van der Waals surface area contributed by atoms with Gasteiger partial charge in [0, 0.05) is 36.3 Å². The van der Waals surface area contributed by atoms with E-state index in [1.807, 2.05) is 37.4 Å². The molecule has 27 heavy (non-hydrogen) atoms. The molecule has 4 rings (SSSR count). The van der Waals surface area contributed by atoms with Crippen LogP contribution in [0.15, 0.2) is 43.0 Å². The molecule has 0 saturated heterocycles. The van der Waals surface area contributed by atoms with Crippen molar-refractivity contribution >= 4 is 11.7 Å². The van der Waals surface area contributed by atoms with Crippen molar-refractivity contribution < 1.29 is 4.79 Å². The SMILES string of the molecule is CNc1cc(C2CC(NC(=O)c3ccc(Cn4cnnn4)cc3)C2)ncn1. The number of amides is 1. The number of carbonyl (C=O) groups excluding carboxylic acids is 1. The molecule has 0 aliphatic heterocycles. The van der Waals surface area contributed by atoms with Crippen molar-refractivity contribution in [3.8, 4) is 0 Å². The number of nitrogens with zero attached hydrogens (tertiary/aromatic N) is 6. The smallest absolute Gasteiger partial charge is 0.251 e. The molecule has 1 saturated carbocycles. The highest BCUT2D eigenvalue weighted by atomic mass is 16.1. The van der Waals surface area contributed by atoms with Gasteiger partial charge in [-0.1, -0.05) is 12.1 Å². The van der Waals surface area contributed by atoms with Crippen LogP contribution in [-0.4, -0.2) is 49.2 Å². The molecule has 0 spiro atoms. The average molecular weight is 364 g/mol. The molecule has 1 aliphatic rings. The lowest BCUT2D eigenvalue weighted by molar-refractivity contribution is 0.0908. The van der Waals surface area contributed by atoms with Crippen LogP contribution in [-0.2, 0) is 6.54 Å². The second-order valence-corrected chi connectivity index (χ2v) is 6.62.